The van der Waals surface area contributed by atoms with Crippen LogP contribution < -0.4 is 46.7 Å². The fourth-order valence-corrected chi connectivity index (χ4v) is 69.1. The van der Waals surface area contributed by atoms with E-state index < -0.39 is 52.4 Å². The Bertz CT molecular complexity index is 10500. The molecule has 4 atom stereocenters. The molecule has 588 valence electrons. The van der Waals surface area contributed by atoms with Gasteiger partial charge in [0.05, 0.1) is 20.2 Å². The van der Waals surface area contributed by atoms with Crippen molar-refractivity contribution >= 4 is 306 Å². The summed E-state index contributed by atoms with van der Waals surface area (Å²) in [5, 5.41) is 76.0. The maximum Gasteiger partial charge on any atom is 0.142 e. The van der Waals surface area contributed by atoms with E-state index in [1.807, 2.05) is 0 Å². The van der Waals surface area contributed by atoms with Crippen molar-refractivity contribution in [3.8, 4) is 0 Å². The Kier molecular flexibility index (Phi) is 8.67. The molecule has 0 aliphatic heterocycles. The van der Waals surface area contributed by atoms with Crippen LogP contribution in [0, 0.1) is 0 Å². The van der Waals surface area contributed by atoms with E-state index >= 15 is 0 Å². The van der Waals surface area contributed by atoms with Crippen LogP contribution in [0.2, 0.25) is 20.2 Å². The average Bonchev–Trinajstić information content (AvgIpc) is 1.37. The highest BCUT2D eigenvalue weighted by atomic mass is 28.3. The van der Waals surface area contributed by atoms with Crippen LogP contribution in [0.5, 0.6) is 0 Å². The van der Waals surface area contributed by atoms with Crippen LogP contribution in [0.25, 0.3) is 232 Å². The molecule has 0 bridgehead atoms. The zero-order valence-corrected chi connectivity index (χ0v) is 77.1. The van der Waals surface area contributed by atoms with Crippen molar-refractivity contribution < 1.29 is 0 Å². The fraction of sp³-hybridized carbons (Fsp3) is 0.161. The van der Waals surface area contributed by atoms with Crippen molar-refractivity contribution in [1.82, 2.24) is 0 Å². The molecule has 0 saturated carbocycles. The third-order valence-corrected chi connectivity index (χ3v) is 66.5. The first kappa shape index (κ1) is 64.1. The summed E-state index contributed by atoms with van der Waals surface area (Å²) in [4.78, 5) is 0. The minimum absolute atomic E-state index is 0.289. The van der Waals surface area contributed by atoms with Crippen molar-refractivity contribution in [2.45, 2.75) is 123 Å². The molecule has 4 unspecified atom stereocenters. The van der Waals surface area contributed by atoms with Crippen LogP contribution in [-0.2, 0) is 20.2 Å². The molecule has 12 aliphatic rings. The minimum atomic E-state index is -3.84. The quantitative estimate of drug-likeness (QED) is 0.0845. The molecule has 0 spiro atoms. The maximum absolute atomic E-state index is 3.84. The Hall–Kier alpha value is -12.7. The summed E-state index contributed by atoms with van der Waals surface area (Å²) in [7, 11) is -15.1. The smallest absolute Gasteiger partial charge is 0.0625 e. The topological polar surface area (TPSA) is 0 Å². The molecule has 12 aliphatic carbocycles. The van der Waals surface area contributed by atoms with Crippen LogP contribution in [0.1, 0.15) is 150 Å². The largest absolute Gasteiger partial charge is 0.142 e. The van der Waals surface area contributed by atoms with Crippen molar-refractivity contribution in [3.63, 3.8) is 0 Å². The minimum Gasteiger partial charge on any atom is -0.0625 e. The van der Waals surface area contributed by atoms with E-state index in [9.17, 15) is 0 Å². The molecule has 128 heavy (non-hydrogen) atoms. The third kappa shape index (κ3) is 4.64. The van der Waals surface area contributed by atoms with Crippen LogP contribution in [0.3, 0.4) is 0 Å². The van der Waals surface area contributed by atoms with Gasteiger partial charge in [-0.25, -0.2) is 0 Å². The molecule has 0 saturated heterocycles. The molecule has 0 aromatic heterocycles. The van der Waals surface area contributed by atoms with E-state index in [2.05, 4.69) is 326 Å². The van der Waals surface area contributed by atoms with Gasteiger partial charge in [-0.3, -0.25) is 0 Å². The van der Waals surface area contributed by atoms with E-state index in [1.165, 1.54) is 0 Å². The van der Waals surface area contributed by atoms with E-state index in [0.717, 1.165) is 0 Å². The maximum atomic E-state index is 2.83. The second-order valence-corrected chi connectivity index (χ2v) is 66.5. The van der Waals surface area contributed by atoms with Crippen LogP contribution in [-0.4, -0.2) is 32.3 Å². The van der Waals surface area contributed by atoms with Crippen LogP contribution >= 0.6 is 0 Å². The summed E-state index contributed by atoms with van der Waals surface area (Å²) in [6, 6.07) is 103. The highest BCUT2D eigenvalue weighted by Crippen LogP contribution is 2.91. The van der Waals surface area contributed by atoms with Gasteiger partial charge in [-0.2, -0.15) is 0 Å². The van der Waals surface area contributed by atoms with Crippen LogP contribution in [0.15, 0.2) is 243 Å². The lowest BCUT2D eigenvalue weighted by atomic mass is 9.67. The van der Waals surface area contributed by atoms with Gasteiger partial charge in [0, 0.05) is 0 Å². The third-order valence-electron chi connectivity index (χ3n) is 40.4. The lowest BCUT2D eigenvalue weighted by molar-refractivity contribution is 0.680. The Labute approximate surface area is 738 Å². The van der Waals surface area contributed by atoms with Crippen molar-refractivity contribution in [3.05, 3.63) is 315 Å². The normalized spacial score (nSPS) is 21.2. The van der Waals surface area contributed by atoms with Gasteiger partial charge in [0.15, 0.2) is 0 Å². The molecular weight excluding hydrogens is 1600 g/mol. The molecule has 40 rings (SSSR count). The second-order valence-electron chi connectivity index (χ2n) is 46.9. The SMILES string of the molecule is CC(C)(C)[Si](c1ccccc1)(c1ccccc1)C12C3=C4c5c6c1c1c7c8c9c%10c%11c%12c%13c%14c%15c(c(c3c3c%16c%17c%18c%19c(c5c5c%20c%19c%19c%21c%22c%23c%24c(c%12c%12c(c(c%19%18)c(c%14%12)c%17c3%15)C%21%24[Si](c3ccccc3)(c3ccccc3)C(C)(C)C)c%11c3c%23c%11c(c%22%20)c5c6c1c%11c3c%107)C4%16[Si](c1ccccc1)(c1ccccc1)C(C)(C)C)C=82)C%139[Si](c1ccccc1)(c1ccccc1)C(C)(C)C. The summed E-state index contributed by atoms with van der Waals surface area (Å²) >= 11 is 0. The number of allylic oxidation sites excluding steroid dienone is 2. The first-order chi connectivity index (χ1) is 62.3. The Balaban J connectivity index is 0.952. The van der Waals surface area contributed by atoms with Gasteiger partial charge >= 0.3 is 0 Å². The number of rotatable bonds is 12. The molecule has 0 N–H and O–H groups in total. The summed E-state index contributed by atoms with van der Waals surface area (Å²) in [5.41, 5.74) is 25.9. The van der Waals surface area contributed by atoms with Gasteiger partial charge in [-0.1, -0.05) is 367 Å². The number of hydrogen-bond acceptors (Lipinski definition) is 0. The summed E-state index contributed by atoms with van der Waals surface area (Å²) in [6.45, 7) is 33.8. The van der Waals surface area contributed by atoms with E-state index in [-0.39, 0.29) is 20.2 Å². The Morgan fingerprint density at radius 1 is 0.141 bits per heavy atom. The second kappa shape index (κ2) is 17.3. The number of hydrogen-bond donors (Lipinski definition) is 0. The predicted octanol–water partition coefficient (Wildman–Crippen LogP) is 25.4. The molecule has 0 fully saturated rings. The first-order valence-electron chi connectivity index (χ1n) is 47.8. The van der Waals surface area contributed by atoms with Gasteiger partial charge in [0.2, 0.25) is 0 Å². The molecule has 0 amide bonds. The van der Waals surface area contributed by atoms with Crippen LogP contribution in [0.4, 0.5) is 0 Å². The van der Waals surface area contributed by atoms with Gasteiger partial charge in [-0.05, 0) is 324 Å². The molecule has 4 heteroatoms. The zero-order chi connectivity index (χ0) is 83.2. The summed E-state index contributed by atoms with van der Waals surface area (Å²) < 4.78 is 0. The lowest BCUT2D eigenvalue weighted by Gasteiger charge is -2.63. The first-order valence-corrected chi connectivity index (χ1v) is 55.8. The van der Waals surface area contributed by atoms with Gasteiger partial charge < -0.3 is 0 Å². The van der Waals surface area contributed by atoms with Crippen molar-refractivity contribution in [2.24, 2.45) is 0 Å². The Morgan fingerprint density at radius 2 is 0.312 bits per heavy atom. The van der Waals surface area contributed by atoms with Gasteiger partial charge in [0.25, 0.3) is 0 Å². The summed E-state index contributed by atoms with van der Waals surface area (Å²) in [5.74, 6) is 0. The summed E-state index contributed by atoms with van der Waals surface area (Å²) in [6.07, 6.45) is 0. The highest BCUT2D eigenvalue weighted by molar-refractivity contribution is 7.13. The van der Waals surface area contributed by atoms with E-state index in [0.29, 0.717) is 0 Å². The molecular formula is C124H76Si4. The monoisotopic (exact) mass is 1680 g/mol. The van der Waals surface area contributed by atoms with Gasteiger partial charge in [0.1, 0.15) is 32.3 Å². The fourth-order valence-electron chi connectivity index (χ4n) is 39.9. The molecule has 0 radical (unpaired) electrons. The zero-order valence-electron chi connectivity index (χ0n) is 73.1. The van der Waals surface area contributed by atoms with Crippen molar-refractivity contribution in [1.29, 1.82) is 0 Å². The van der Waals surface area contributed by atoms with Crippen molar-refractivity contribution in [2.75, 3.05) is 0 Å². The average molecular weight is 1680 g/mol. The molecule has 0 heterocycles. The Morgan fingerprint density at radius 3 is 0.609 bits per heavy atom. The standard InChI is InChI=1S/C124H76Si4/c1-117(2,3)125(53-37-21-13-22-38-53,54-39-23-14-24-40-54)121-105-85-75-76-80-99-98-79(75)93(105)84-89-73-66-64-62-61-63-65-70-67-69(63)95(94(68(61)66)106(89)121)107(121)90-77(67)91-82(81(85)90)86(76)109-100(80)102-104-113(99)122(126(118(4,5)6,55-41-25-15-26-42-55)56-43-27-16-28-44-56)108(98)92(84)78(73)87-74(64)83-88-71(62)72(65)97-101-96(70)111(91)123(109,127(119(7,8)9,57-45-29-17-30-46-57)58-47-31-18-32-48-58)115(101)116(102)124(110(88)97,114(104)103(83)112(87)122)128(120(10,11)12,59-49-33-19-34-50-59)60-51-35-20-36-52-60/h13-52H,1-12H3. The number of benzene rings is 20. The molecule has 28 aromatic rings. The molecule has 28 aromatic carbocycles. The van der Waals surface area contributed by atoms with Gasteiger partial charge in [-0.15, -0.1) is 0 Å². The highest BCUT2D eigenvalue weighted by Gasteiger charge is 2.84. The van der Waals surface area contributed by atoms with E-state index in [4.69, 9.17) is 0 Å². The van der Waals surface area contributed by atoms with E-state index in [1.54, 1.807) is 346 Å². The predicted molar refractivity (Wildman–Crippen MR) is 553 cm³/mol. The lowest BCUT2D eigenvalue weighted by Crippen LogP contribution is -2.79. The molecule has 0 nitrogen and oxygen atoms in total.